The molecule has 96 valence electrons. The maximum Gasteiger partial charge on any atom is 0.304 e. The predicted molar refractivity (Wildman–Crippen MR) is 63.0 cm³/mol. The molecule has 0 aliphatic heterocycles. The van der Waals surface area contributed by atoms with Crippen LogP contribution in [-0.2, 0) is 0 Å². The molecule has 0 aliphatic rings. The second-order valence-corrected chi connectivity index (χ2v) is 3.49. The van der Waals surface area contributed by atoms with E-state index in [9.17, 15) is 19.3 Å². The van der Waals surface area contributed by atoms with E-state index in [1.807, 2.05) is 0 Å². The Balaban J connectivity index is 2.21. The highest BCUT2D eigenvalue weighted by atomic mass is 19.1. The molecule has 2 rings (SSSR count). The Morgan fingerprint density at radius 2 is 2.16 bits per heavy atom. The lowest BCUT2D eigenvalue weighted by molar-refractivity contribution is -0.387. The van der Waals surface area contributed by atoms with E-state index in [0.717, 1.165) is 18.2 Å². The van der Waals surface area contributed by atoms with Crippen molar-refractivity contribution in [1.29, 1.82) is 0 Å². The smallest absolute Gasteiger partial charge is 0.304 e. The average molecular weight is 262 g/mol. The first-order valence-corrected chi connectivity index (χ1v) is 5.11. The molecule has 8 heteroatoms. The van der Waals surface area contributed by atoms with Crippen molar-refractivity contribution in [2.24, 2.45) is 0 Å². The summed E-state index contributed by atoms with van der Waals surface area (Å²) in [4.78, 5) is 21.3. The Bertz CT molecular complexity index is 633. The molecule has 0 radical (unpaired) electrons. The van der Waals surface area contributed by atoms with Crippen LogP contribution in [0.25, 0.3) is 0 Å². The molecule has 0 spiro atoms. The molecule has 0 atom stereocenters. The zero-order valence-corrected chi connectivity index (χ0v) is 9.41. The van der Waals surface area contributed by atoms with Gasteiger partial charge in [0.2, 0.25) is 5.82 Å². The SMILES string of the molecule is O=C(Nc1cccnn1)c1ccc([N+](=O)[O-])c(F)c1. The molecule has 2 aromatic rings. The van der Waals surface area contributed by atoms with Gasteiger partial charge in [0.1, 0.15) is 0 Å². The van der Waals surface area contributed by atoms with Crippen LogP contribution in [0.2, 0.25) is 0 Å². The molecule has 0 saturated heterocycles. The van der Waals surface area contributed by atoms with Crippen LogP contribution >= 0.6 is 0 Å². The van der Waals surface area contributed by atoms with Gasteiger partial charge in [-0.1, -0.05) is 0 Å². The van der Waals surface area contributed by atoms with Crippen LogP contribution in [-0.4, -0.2) is 21.0 Å². The van der Waals surface area contributed by atoms with Gasteiger partial charge in [-0.05, 0) is 24.3 Å². The number of nitrogens with zero attached hydrogens (tertiary/aromatic N) is 3. The maximum atomic E-state index is 13.4. The molecule has 1 heterocycles. The molecule has 19 heavy (non-hydrogen) atoms. The Kier molecular flexibility index (Phi) is 3.42. The largest absolute Gasteiger partial charge is 0.305 e. The monoisotopic (exact) mass is 262 g/mol. The minimum atomic E-state index is -1.07. The highest BCUT2D eigenvalue weighted by Crippen LogP contribution is 2.18. The predicted octanol–water partition coefficient (Wildman–Crippen LogP) is 1.78. The topological polar surface area (TPSA) is 98.0 Å². The second-order valence-electron chi connectivity index (χ2n) is 3.49. The average Bonchev–Trinajstić information content (AvgIpc) is 2.39. The number of nitrogens with one attached hydrogen (secondary N) is 1. The van der Waals surface area contributed by atoms with Crippen LogP contribution < -0.4 is 5.32 Å². The number of halogens is 1. The van der Waals surface area contributed by atoms with Gasteiger partial charge in [-0.25, -0.2) is 0 Å². The number of nitro groups is 1. The Morgan fingerprint density at radius 3 is 2.74 bits per heavy atom. The minimum Gasteiger partial charge on any atom is -0.305 e. The standard InChI is InChI=1S/C11H7FN4O3/c12-8-6-7(3-4-9(8)16(18)19)11(17)14-10-2-1-5-13-15-10/h1-6H,(H,14,15,17). The summed E-state index contributed by atoms with van der Waals surface area (Å²) in [7, 11) is 0. The van der Waals surface area contributed by atoms with E-state index < -0.39 is 22.3 Å². The number of rotatable bonds is 3. The zero-order chi connectivity index (χ0) is 13.8. The lowest BCUT2D eigenvalue weighted by Crippen LogP contribution is -2.13. The fourth-order valence-corrected chi connectivity index (χ4v) is 1.35. The van der Waals surface area contributed by atoms with Crippen LogP contribution in [0, 0.1) is 15.9 Å². The van der Waals surface area contributed by atoms with Gasteiger partial charge in [-0.2, -0.15) is 9.49 Å². The Hall–Kier alpha value is -2.90. The van der Waals surface area contributed by atoms with Gasteiger partial charge >= 0.3 is 5.69 Å². The first-order chi connectivity index (χ1) is 9.08. The number of benzene rings is 1. The van der Waals surface area contributed by atoms with Crippen molar-refractivity contribution in [3.8, 4) is 0 Å². The Labute approximate surface area is 106 Å². The van der Waals surface area contributed by atoms with E-state index >= 15 is 0 Å². The molecule has 7 nitrogen and oxygen atoms in total. The minimum absolute atomic E-state index is 0.0475. The second kappa shape index (κ2) is 5.17. The molecular weight excluding hydrogens is 255 g/mol. The van der Waals surface area contributed by atoms with Crippen molar-refractivity contribution in [1.82, 2.24) is 10.2 Å². The molecule has 0 saturated carbocycles. The summed E-state index contributed by atoms with van der Waals surface area (Å²) in [5.41, 5.74) is -0.732. The van der Waals surface area contributed by atoms with Crippen molar-refractivity contribution in [2.45, 2.75) is 0 Å². The number of hydrogen-bond acceptors (Lipinski definition) is 5. The molecule has 0 unspecified atom stereocenters. The van der Waals surface area contributed by atoms with Crippen molar-refractivity contribution < 1.29 is 14.1 Å². The normalized spacial score (nSPS) is 9.95. The molecule has 0 bridgehead atoms. The van der Waals surface area contributed by atoms with Gasteiger partial charge < -0.3 is 5.32 Å². The highest BCUT2D eigenvalue weighted by Gasteiger charge is 2.16. The third-order valence-corrected chi connectivity index (χ3v) is 2.22. The van der Waals surface area contributed by atoms with Gasteiger partial charge in [0.25, 0.3) is 5.91 Å². The van der Waals surface area contributed by atoms with E-state index in [4.69, 9.17) is 0 Å². The van der Waals surface area contributed by atoms with Gasteiger partial charge in [0.05, 0.1) is 4.92 Å². The van der Waals surface area contributed by atoms with E-state index in [0.29, 0.717) is 0 Å². The fourth-order valence-electron chi connectivity index (χ4n) is 1.35. The summed E-state index contributed by atoms with van der Waals surface area (Å²) in [6, 6.07) is 5.96. The Morgan fingerprint density at radius 1 is 1.37 bits per heavy atom. The molecule has 1 aromatic carbocycles. The third kappa shape index (κ3) is 2.86. The summed E-state index contributed by atoms with van der Waals surface area (Å²) in [6.07, 6.45) is 1.43. The number of aromatic nitrogens is 2. The van der Waals surface area contributed by atoms with Crippen LogP contribution in [0.1, 0.15) is 10.4 Å². The number of nitro benzene ring substituents is 1. The van der Waals surface area contributed by atoms with Gasteiger partial charge in [-0.15, -0.1) is 5.10 Å². The summed E-state index contributed by atoms with van der Waals surface area (Å²) in [6.45, 7) is 0. The van der Waals surface area contributed by atoms with Crippen LogP contribution in [0.3, 0.4) is 0 Å². The van der Waals surface area contributed by atoms with Gasteiger partial charge in [0, 0.05) is 17.8 Å². The first-order valence-electron chi connectivity index (χ1n) is 5.11. The molecule has 0 fully saturated rings. The van der Waals surface area contributed by atoms with Crippen molar-refractivity contribution >= 4 is 17.4 Å². The van der Waals surface area contributed by atoms with E-state index in [2.05, 4.69) is 15.5 Å². The quantitative estimate of drug-likeness (QED) is 0.671. The van der Waals surface area contributed by atoms with Crippen molar-refractivity contribution in [2.75, 3.05) is 5.32 Å². The van der Waals surface area contributed by atoms with Crippen LogP contribution in [0.4, 0.5) is 15.9 Å². The van der Waals surface area contributed by atoms with Crippen molar-refractivity contribution in [3.05, 3.63) is 58.0 Å². The highest BCUT2D eigenvalue weighted by molar-refractivity contribution is 6.03. The van der Waals surface area contributed by atoms with Crippen LogP contribution in [0.15, 0.2) is 36.5 Å². The zero-order valence-electron chi connectivity index (χ0n) is 9.41. The summed E-state index contributed by atoms with van der Waals surface area (Å²) in [5, 5.41) is 20.0. The number of hydrogen-bond donors (Lipinski definition) is 1. The maximum absolute atomic E-state index is 13.4. The van der Waals surface area contributed by atoms with Crippen LogP contribution in [0.5, 0.6) is 0 Å². The lowest BCUT2D eigenvalue weighted by Gasteiger charge is -2.03. The van der Waals surface area contributed by atoms with E-state index in [-0.39, 0.29) is 11.4 Å². The van der Waals surface area contributed by atoms with Gasteiger partial charge in [-0.3, -0.25) is 14.9 Å². The number of carbonyl (C=O) groups is 1. The lowest BCUT2D eigenvalue weighted by atomic mass is 10.2. The number of carbonyl (C=O) groups excluding carboxylic acids is 1. The summed E-state index contributed by atoms with van der Waals surface area (Å²) < 4.78 is 13.4. The molecular formula is C11H7FN4O3. The molecule has 1 amide bonds. The first kappa shape index (κ1) is 12.6. The number of amides is 1. The van der Waals surface area contributed by atoms with Gasteiger partial charge in [0.15, 0.2) is 5.82 Å². The third-order valence-electron chi connectivity index (χ3n) is 2.22. The number of anilines is 1. The summed E-state index contributed by atoms with van der Waals surface area (Å²) in [5.74, 6) is -1.50. The van der Waals surface area contributed by atoms with E-state index in [1.165, 1.54) is 12.3 Å². The van der Waals surface area contributed by atoms with E-state index in [1.54, 1.807) is 6.07 Å². The molecule has 1 N–H and O–H groups in total. The molecule has 1 aromatic heterocycles. The van der Waals surface area contributed by atoms with Crippen molar-refractivity contribution in [3.63, 3.8) is 0 Å². The molecule has 0 aliphatic carbocycles. The fraction of sp³-hybridized carbons (Fsp3) is 0. The summed E-state index contributed by atoms with van der Waals surface area (Å²) >= 11 is 0.